The van der Waals surface area contributed by atoms with Gasteiger partial charge in [0.1, 0.15) is 13.2 Å². The van der Waals surface area contributed by atoms with Crippen LogP contribution in [0.15, 0.2) is 0 Å². The fourth-order valence-corrected chi connectivity index (χ4v) is 5.52. The SMILES string of the molecule is CCCCCCCCCCCCCCCC(=O)N1CCO[P+]([S-])(OCC)OCC1. The van der Waals surface area contributed by atoms with Crippen molar-refractivity contribution in [3.05, 3.63) is 0 Å². The van der Waals surface area contributed by atoms with Crippen LogP contribution in [0.5, 0.6) is 0 Å². The number of hydrogen-bond donors (Lipinski definition) is 0. The molecule has 1 aliphatic rings. The zero-order valence-corrected chi connectivity index (χ0v) is 20.6. The molecule has 0 aromatic carbocycles. The summed E-state index contributed by atoms with van der Waals surface area (Å²) < 4.78 is 16.6. The molecule has 0 aromatic rings. The average Bonchev–Trinajstić information content (AvgIpc) is 2.68. The van der Waals surface area contributed by atoms with Crippen LogP contribution in [0, 0.1) is 0 Å². The summed E-state index contributed by atoms with van der Waals surface area (Å²) in [6, 6.07) is 0. The number of carbonyl (C=O) groups is 1. The van der Waals surface area contributed by atoms with E-state index in [2.05, 4.69) is 6.92 Å². The van der Waals surface area contributed by atoms with Crippen molar-refractivity contribution in [3.8, 4) is 0 Å². The van der Waals surface area contributed by atoms with Crippen molar-refractivity contribution in [3.63, 3.8) is 0 Å². The molecule has 0 unspecified atom stereocenters. The molecule has 0 radical (unpaired) electrons. The summed E-state index contributed by atoms with van der Waals surface area (Å²) in [6.07, 6.45) is 17.8. The van der Waals surface area contributed by atoms with Crippen molar-refractivity contribution < 1.29 is 18.4 Å². The van der Waals surface area contributed by atoms with Gasteiger partial charge in [0.05, 0.1) is 6.61 Å². The highest BCUT2D eigenvalue weighted by molar-refractivity contribution is 8.35. The van der Waals surface area contributed by atoms with Crippen LogP contribution in [-0.4, -0.2) is 43.7 Å². The van der Waals surface area contributed by atoms with Crippen molar-refractivity contribution in [1.82, 2.24) is 4.90 Å². The van der Waals surface area contributed by atoms with E-state index in [0.29, 0.717) is 39.3 Å². The van der Waals surface area contributed by atoms with E-state index in [1.54, 1.807) is 0 Å². The number of carbonyl (C=O) groups excluding carboxylic acids is 1. The van der Waals surface area contributed by atoms with Gasteiger partial charge in [0.2, 0.25) is 5.91 Å². The lowest BCUT2D eigenvalue weighted by Gasteiger charge is -2.31. The first-order valence-corrected chi connectivity index (χ1v) is 14.5. The largest absolute Gasteiger partial charge is 0.459 e. The molecule has 0 N–H and O–H groups in total. The van der Waals surface area contributed by atoms with Crippen LogP contribution >= 0.6 is 7.15 Å². The Morgan fingerprint density at radius 3 is 1.72 bits per heavy atom. The molecule has 1 aliphatic heterocycles. The van der Waals surface area contributed by atoms with Gasteiger partial charge in [0, 0.05) is 19.5 Å². The van der Waals surface area contributed by atoms with Gasteiger partial charge in [-0.15, -0.1) is 0 Å². The van der Waals surface area contributed by atoms with Crippen molar-refractivity contribution in [1.29, 1.82) is 0 Å². The maximum atomic E-state index is 12.4. The Morgan fingerprint density at radius 2 is 1.28 bits per heavy atom. The zero-order valence-electron chi connectivity index (χ0n) is 18.9. The van der Waals surface area contributed by atoms with Gasteiger partial charge in [0.25, 0.3) is 7.15 Å². The lowest BCUT2D eigenvalue weighted by Crippen LogP contribution is -2.38. The first-order valence-electron chi connectivity index (χ1n) is 11.9. The lowest BCUT2D eigenvalue weighted by atomic mass is 10.0. The zero-order chi connectivity index (χ0) is 21.2. The highest BCUT2D eigenvalue weighted by Gasteiger charge is 2.31. The monoisotopic (exact) mass is 449 g/mol. The number of rotatable bonds is 16. The molecule has 7 heteroatoms. The van der Waals surface area contributed by atoms with Crippen molar-refractivity contribution >= 4 is 25.3 Å². The van der Waals surface area contributed by atoms with Gasteiger partial charge < -0.3 is 17.1 Å². The predicted octanol–water partition coefficient (Wildman–Crippen LogP) is 6.60. The van der Waals surface area contributed by atoms with Gasteiger partial charge in [-0.1, -0.05) is 84.0 Å². The van der Waals surface area contributed by atoms with E-state index in [1.165, 1.54) is 70.6 Å². The maximum absolute atomic E-state index is 12.4. The summed E-state index contributed by atoms with van der Waals surface area (Å²) in [5.74, 6) is 0.201. The van der Waals surface area contributed by atoms with E-state index in [-0.39, 0.29) is 5.91 Å². The molecule has 0 atom stereocenters. The minimum absolute atomic E-state index is 0.201. The standard InChI is InChI=1S/C22H44NO4PS/c1-3-5-6-7-8-9-10-11-12-13-14-15-16-17-22(24)23-18-20-26-28(29,25-4-2)27-21-19-23/h3-21H2,1-2H3. The van der Waals surface area contributed by atoms with Crippen molar-refractivity contribution in [2.45, 2.75) is 104 Å². The summed E-state index contributed by atoms with van der Waals surface area (Å²) in [7, 11) is -2.60. The van der Waals surface area contributed by atoms with E-state index in [9.17, 15) is 4.79 Å². The second-order valence-corrected chi connectivity index (χ2v) is 10.9. The molecule has 0 saturated carbocycles. The summed E-state index contributed by atoms with van der Waals surface area (Å²) in [5.41, 5.74) is 0. The minimum atomic E-state index is -2.60. The van der Waals surface area contributed by atoms with E-state index in [1.807, 2.05) is 11.8 Å². The molecule has 1 saturated heterocycles. The Bertz CT molecular complexity index is 404. The predicted molar refractivity (Wildman–Crippen MR) is 125 cm³/mol. The van der Waals surface area contributed by atoms with E-state index in [4.69, 9.17) is 25.8 Å². The molecule has 1 heterocycles. The molecular formula is C22H44NO4PS. The molecule has 0 aromatic heterocycles. The molecule has 1 amide bonds. The average molecular weight is 450 g/mol. The first-order chi connectivity index (χ1) is 14.1. The molecule has 1 rings (SSSR count). The van der Waals surface area contributed by atoms with Crippen LogP contribution in [0.2, 0.25) is 0 Å². The van der Waals surface area contributed by atoms with Crippen molar-refractivity contribution in [2.75, 3.05) is 32.9 Å². The quantitative estimate of drug-likeness (QED) is 0.151. The molecule has 172 valence electrons. The number of nitrogens with zero attached hydrogens (tertiary/aromatic N) is 1. The fraction of sp³-hybridized carbons (Fsp3) is 0.955. The second kappa shape index (κ2) is 17.8. The topological polar surface area (TPSA) is 48.0 Å². The summed E-state index contributed by atoms with van der Waals surface area (Å²) in [5, 5.41) is 0. The number of hydrogen-bond acceptors (Lipinski definition) is 5. The van der Waals surface area contributed by atoms with Crippen LogP contribution in [0.4, 0.5) is 0 Å². The van der Waals surface area contributed by atoms with Crippen molar-refractivity contribution in [2.24, 2.45) is 0 Å². The third kappa shape index (κ3) is 13.9. The van der Waals surface area contributed by atoms with Gasteiger partial charge >= 0.3 is 0 Å². The summed E-state index contributed by atoms with van der Waals surface area (Å²) in [4.78, 5) is 14.3. The molecule has 5 nitrogen and oxygen atoms in total. The Hall–Kier alpha value is 0.130. The van der Waals surface area contributed by atoms with Crippen LogP contribution in [-0.2, 0) is 30.6 Å². The third-order valence-electron chi connectivity index (χ3n) is 5.36. The highest BCUT2D eigenvalue weighted by atomic mass is 32.7. The Morgan fingerprint density at radius 1 is 0.828 bits per heavy atom. The highest BCUT2D eigenvalue weighted by Crippen LogP contribution is 2.60. The lowest BCUT2D eigenvalue weighted by molar-refractivity contribution is -0.132. The van der Waals surface area contributed by atoms with Gasteiger partial charge in [-0.3, -0.25) is 4.79 Å². The molecule has 0 aliphatic carbocycles. The molecular weight excluding hydrogens is 405 g/mol. The Labute approximate surface area is 185 Å². The van der Waals surface area contributed by atoms with Gasteiger partial charge in [0.15, 0.2) is 0 Å². The Kier molecular flexibility index (Phi) is 16.6. The van der Waals surface area contributed by atoms with E-state index in [0.717, 1.165) is 12.8 Å². The summed E-state index contributed by atoms with van der Waals surface area (Å²) in [6.45, 7) is 6.57. The Balaban J connectivity index is 1.96. The molecule has 0 spiro atoms. The summed E-state index contributed by atoms with van der Waals surface area (Å²) >= 11 is 5.31. The van der Waals surface area contributed by atoms with Crippen LogP contribution in [0.25, 0.3) is 0 Å². The van der Waals surface area contributed by atoms with Crippen LogP contribution in [0.3, 0.4) is 0 Å². The second-order valence-electron chi connectivity index (χ2n) is 7.90. The fourth-order valence-electron chi connectivity index (χ4n) is 3.61. The molecule has 0 bridgehead atoms. The molecule has 29 heavy (non-hydrogen) atoms. The number of amides is 1. The number of unbranched alkanes of at least 4 members (excludes halogenated alkanes) is 12. The van der Waals surface area contributed by atoms with E-state index < -0.39 is 7.15 Å². The normalized spacial score (nSPS) is 17.1. The maximum Gasteiger partial charge on any atom is 0.290 e. The van der Waals surface area contributed by atoms with Gasteiger partial charge in [-0.05, 0) is 13.3 Å². The van der Waals surface area contributed by atoms with E-state index >= 15 is 0 Å². The van der Waals surface area contributed by atoms with Gasteiger partial charge in [-0.25, -0.2) is 0 Å². The molecule has 1 fully saturated rings. The first kappa shape index (κ1) is 27.2. The smallest absolute Gasteiger partial charge is 0.290 e. The van der Waals surface area contributed by atoms with Crippen LogP contribution < -0.4 is 0 Å². The third-order valence-corrected chi connectivity index (χ3v) is 7.88. The minimum Gasteiger partial charge on any atom is -0.459 e. The van der Waals surface area contributed by atoms with Gasteiger partial charge in [-0.2, -0.15) is 13.6 Å². The van der Waals surface area contributed by atoms with Crippen LogP contribution in [0.1, 0.15) is 104 Å².